The Morgan fingerprint density at radius 2 is 1.46 bits per heavy atom. The summed E-state index contributed by atoms with van der Waals surface area (Å²) >= 11 is 0. The van der Waals surface area contributed by atoms with Crippen LogP contribution >= 0.6 is 0 Å². The molecule has 0 unspecified atom stereocenters. The van der Waals surface area contributed by atoms with Crippen molar-refractivity contribution in [2.75, 3.05) is 35.0 Å². The summed E-state index contributed by atoms with van der Waals surface area (Å²) in [7, 11) is 5.92. The average Bonchev–Trinajstić information content (AvgIpc) is 2.72. The Hall–Kier alpha value is -3.42. The molecule has 0 aliphatic heterocycles. The number of carbonyl (C=O) groups is 2. The number of amides is 1. The average molecular weight is 389 g/mol. The highest BCUT2D eigenvalue weighted by atomic mass is 16.5. The van der Waals surface area contributed by atoms with Gasteiger partial charge >= 0.3 is 5.97 Å². The van der Waals surface area contributed by atoms with Crippen LogP contribution in [0.2, 0.25) is 0 Å². The van der Waals surface area contributed by atoms with Crippen molar-refractivity contribution in [1.29, 1.82) is 0 Å². The van der Waals surface area contributed by atoms with Gasteiger partial charge in [-0.1, -0.05) is 6.07 Å². The molecule has 2 N–H and O–H groups in total. The fourth-order valence-corrected chi connectivity index (χ4v) is 2.70. The van der Waals surface area contributed by atoms with E-state index in [0.29, 0.717) is 41.5 Å². The Balaban J connectivity index is 2.12. The van der Waals surface area contributed by atoms with E-state index < -0.39 is 5.97 Å². The van der Waals surface area contributed by atoms with Crippen LogP contribution in [0.5, 0.6) is 23.0 Å². The number of methoxy groups -OCH3 is 4. The summed E-state index contributed by atoms with van der Waals surface area (Å²) in [6.07, 6.45) is 0.463. The maximum atomic E-state index is 12.6. The lowest BCUT2D eigenvalue weighted by molar-refractivity contribution is 0.0696. The lowest BCUT2D eigenvalue weighted by Gasteiger charge is -2.14. The van der Waals surface area contributed by atoms with Gasteiger partial charge in [0.1, 0.15) is 11.5 Å². The third-order valence-corrected chi connectivity index (χ3v) is 4.16. The number of carbonyl (C=O) groups excluding carboxylic acids is 1. The van der Waals surface area contributed by atoms with Gasteiger partial charge < -0.3 is 29.4 Å². The quantitative estimate of drug-likeness (QED) is 0.679. The highest BCUT2D eigenvalue weighted by Crippen LogP contribution is 2.34. The topological polar surface area (TPSA) is 103 Å². The second-order valence-corrected chi connectivity index (χ2v) is 5.75. The second-order valence-electron chi connectivity index (χ2n) is 5.75. The van der Waals surface area contributed by atoms with Crippen LogP contribution in [-0.2, 0) is 6.42 Å². The van der Waals surface area contributed by atoms with E-state index in [0.717, 1.165) is 5.56 Å². The fourth-order valence-electron chi connectivity index (χ4n) is 2.70. The van der Waals surface area contributed by atoms with E-state index in [1.807, 2.05) is 0 Å². The lowest BCUT2D eigenvalue weighted by Crippen LogP contribution is -2.26. The van der Waals surface area contributed by atoms with E-state index in [4.69, 9.17) is 24.1 Å². The molecule has 0 spiro atoms. The van der Waals surface area contributed by atoms with Crippen molar-refractivity contribution in [1.82, 2.24) is 5.32 Å². The van der Waals surface area contributed by atoms with E-state index in [2.05, 4.69) is 5.32 Å². The first-order valence-corrected chi connectivity index (χ1v) is 8.43. The zero-order valence-electron chi connectivity index (χ0n) is 16.2. The molecule has 0 aromatic heterocycles. The molecule has 0 saturated heterocycles. The molecule has 0 aliphatic rings. The molecule has 0 aliphatic carbocycles. The molecule has 0 atom stereocenters. The highest BCUT2D eigenvalue weighted by Gasteiger charge is 2.18. The molecule has 0 saturated carbocycles. The van der Waals surface area contributed by atoms with Crippen LogP contribution in [0.4, 0.5) is 0 Å². The van der Waals surface area contributed by atoms with E-state index >= 15 is 0 Å². The van der Waals surface area contributed by atoms with Crippen LogP contribution < -0.4 is 24.3 Å². The first-order valence-electron chi connectivity index (χ1n) is 8.43. The molecule has 2 aromatic carbocycles. The van der Waals surface area contributed by atoms with Gasteiger partial charge in [-0.2, -0.15) is 0 Å². The minimum Gasteiger partial charge on any atom is -0.496 e. The minimum absolute atomic E-state index is 0.139. The molecule has 1 amide bonds. The van der Waals surface area contributed by atoms with Crippen molar-refractivity contribution in [2.45, 2.75) is 6.42 Å². The Labute approximate surface area is 163 Å². The Morgan fingerprint density at radius 1 is 0.857 bits per heavy atom. The van der Waals surface area contributed by atoms with Crippen molar-refractivity contribution in [3.8, 4) is 23.0 Å². The number of benzene rings is 2. The van der Waals surface area contributed by atoms with Gasteiger partial charge in [0.25, 0.3) is 5.91 Å². The molecule has 28 heavy (non-hydrogen) atoms. The number of ether oxygens (including phenoxy) is 4. The first kappa shape index (κ1) is 20.9. The van der Waals surface area contributed by atoms with Crippen molar-refractivity contribution < 1.29 is 33.6 Å². The smallest absolute Gasteiger partial charge is 0.335 e. The maximum Gasteiger partial charge on any atom is 0.335 e. The Bertz CT molecular complexity index is 864. The molecule has 2 rings (SSSR count). The van der Waals surface area contributed by atoms with E-state index in [9.17, 15) is 9.59 Å². The SMILES string of the molecule is COc1cc(C(=O)O)ccc1CCNC(=O)c1cc(OC)c(OC)cc1OC. The molecule has 0 radical (unpaired) electrons. The van der Waals surface area contributed by atoms with Crippen molar-refractivity contribution in [3.63, 3.8) is 0 Å². The summed E-state index contributed by atoms with van der Waals surface area (Å²) in [4.78, 5) is 23.6. The van der Waals surface area contributed by atoms with Gasteiger partial charge in [-0.25, -0.2) is 4.79 Å². The van der Waals surface area contributed by atoms with Crippen molar-refractivity contribution in [3.05, 3.63) is 47.0 Å². The summed E-state index contributed by atoms with van der Waals surface area (Å²) in [6, 6.07) is 7.76. The summed E-state index contributed by atoms with van der Waals surface area (Å²) in [5, 5.41) is 11.9. The van der Waals surface area contributed by atoms with Gasteiger partial charge in [0.05, 0.1) is 39.6 Å². The van der Waals surface area contributed by atoms with Crippen molar-refractivity contribution >= 4 is 11.9 Å². The normalized spacial score (nSPS) is 10.1. The van der Waals surface area contributed by atoms with Crippen LogP contribution in [0, 0.1) is 0 Å². The predicted octanol–water partition coefficient (Wildman–Crippen LogP) is 2.39. The summed E-state index contributed by atoms with van der Waals surface area (Å²) in [5.41, 5.74) is 1.24. The van der Waals surface area contributed by atoms with Crippen LogP contribution in [-0.4, -0.2) is 52.0 Å². The molecule has 0 bridgehead atoms. The zero-order chi connectivity index (χ0) is 20.7. The number of carboxylic acid groups (broad SMARTS) is 1. The highest BCUT2D eigenvalue weighted by molar-refractivity contribution is 5.97. The monoisotopic (exact) mass is 389 g/mol. The molecular weight excluding hydrogens is 366 g/mol. The van der Waals surface area contributed by atoms with Gasteiger partial charge in [-0.3, -0.25) is 4.79 Å². The largest absolute Gasteiger partial charge is 0.496 e. The zero-order valence-corrected chi connectivity index (χ0v) is 16.2. The Morgan fingerprint density at radius 3 is 2.04 bits per heavy atom. The van der Waals surface area contributed by atoms with Gasteiger partial charge in [0.2, 0.25) is 0 Å². The second kappa shape index (κ2) is 9.50. The standard InChI is InChI=1S/C20H23NO7/c1-25-15-9-13(20(23)24)6-5-12(15)7-8-21-19(22)14-10-17(27-3)18(28-4)11-16(14)26-2/h5-6,9-11H,7-8H2,1-4H3,(H,21,22)(H,23,24). The number of rotatable bonds is 9. The summed E-state index contributed by atoms with van der Waals surface area (Å²) in [6.45, 7) is 0.319. The van der Waals surface area contributed by atoms with Gasteiger partial charge in [-0.15, -0.1) is 0 Å². The summed E-state index contributed by atoms with van der Waals surface area (Å²) in [5.74, 6) is 0.326. The molecule has 0 heterocycles. The Kier molecular flexibility index (Phi) is 7.08. The fraction of sp³-hybridized carbons (Fsp3) is 0.300. The predicted molar refractivity (Wildman–Crippen MR) is 102 cm³/mol. The third kappa shape index (κ3) is 4.64. The van der Waals surface area contributed by atoms with E-state index in [1.165, 1.54) is 40.6 Å². The van der Waals surface area contributed by atoms with Gasteiger partial charge in [0.15, 0.2) is 11.5 Å². The van der Waals surface area contributed by atoms with Crippen LogP contribution in [0.3, 0.4) is 0 Å². The third-order valence-electron chi connectivity index (χ3n) is 4.16. The minimum atomic E-state index is -1.03. The number of hydrogen-bond acceptors (Lipinski definition) is 6. The molecular formula is C20H23NO7. The number of hydrogen-bond donors (Lipinski definition) is 2. The van der Waals surface area contributed by atoms with Crippen LogP contribution in [0.25, 0.3) is 0 Å². The van der Waals surface area contributed by atoms with Crippen LogP contribution in [0.1, 0.15) is 26.3 Å². The number of nitrogens with one attached hydrogen (secondary N) is 1. The first-order chi connectivity index (χ1) is 13.4. The molecule has 2 aromatic rings. The van der Waals surface area contributed by atoms with Gasteiger partial charge in [-0.05, 0) is 24.1 Å². The van der Waals surface area contributed by atoms with Gasteiger partial charge in [0, 0.05) is 18.7 Å². The molecule has 150 valence electrons. The molecule has 0 fully saturated rings. The number of carboxylic acids is 1. The summed E-state index contributed by atoms with van der Waals surface area (Å²) < 4.78 is 21.0. The number of aromatic carboxylic acids is 1. The molecule has 8 nitrogen and oxygen atoms in total. The maximum absolute atomic E-state index is 12.6. The van der Waals surface area contributed by atoms with Crippen molar-refractivity contribution in [2.24, 2.45) is 0 Å². The van der Waals surface area contributed by atoms with Crippen LogP contribution in [0.15, 0.2) is 30.3 Å². The van der Waals surface area contributed by atoms with E-state index in [-0.39, 0.29) is 11.5 Å². The van der Waals surface area contributed by atoms with E-state index in [1.54, 1.807) is 18.2 Å². The molecule has 8 heteroatoms. The lowest BCUT2D eigenvalue weighted by atomic mass is 10.1.